The summed E-state index contributed by atoms with van der Waals surface area (Å²) in [6.45, 7) is 0. The van der Waals surface area contributed by atoms with Crippen molar-refractivity contribution in [3.63, 3.8) is 0 Å². The molecule has 4 heteroatoms. The summed E-state index contributed by atoms with van der Waals surface area (Å²) in [7, 11) is 1.93. The molecule has 15 heavy (non-hydrogen) atoms. The van der Waals surface area contributed by atoms with Gasteiger partial charge < -0.3 is 4.90 Å². The predicted octanol–water partition coefficient (Wildman–Crippen LogP) is 3.89. The van der Waals surface area contributed by atoms with E-state index >= 15 is 0 Å². The number of halogens is 3. The van der Waals surface area contributed by atoms with E-state index in [1.807, 2.05) is 48.4 Å². The van der Waals surface area contributed by atoms with Crippen LogP contribution in [0, 0.1) is 0 Å². The molecule has 0 amide bonds. The highest BCUT2D eigenvalue weighted by Gasteiger charge is 2.35. The van der Waals surface area contributed by atoms with E-state index in [9.17, 15) is 0 Å². The van der Waals surface area contributed by atoms with E-state index < -0.39 is 3.79 Å². The minimum atomic E-state index is -1.31. The Morgan fingerprint density at radius 2 is 1.87 bits per heavy atom. The molecule has 1 aliphatic rings. The molecule has 1 aromatic rings. The maximum atomic E-state index is 5.91. The zero-order valence-corrected chi connectivity index (χ0v) is 10.4. The normalized spacial score (nSPS) is 20.3. The highest BCUT2D eigenvalue weighted by molar-refractivity contribution is 6.68. The lowest BCUT2D eigenvalue weighted by atomic mass is 10.0. The molecule has 2 rings (SSSR count). The molecule has 1 heterocycles. The van der Waals surface area contributed by atoms with Gasteiger partial charge in [-0.2, -0.15) is 0 Å². The third kappa shape index (κ3) is 2.10. The van der Waals surface area contributed by atoms with Crippen LogP contribution >= 0.6 is 34.8 Å². The van der Waals surface area contributed by atoms with Crippen molar-refractivity contribution in [2.75, 3.05) is 11.9 Å². The van der Waals surface area contributed by atoms with Crippen molar-refractivity contribution < 1.29 is 0 Å². The van der Waals surface area contributed by atoms with E-state index in [4.69, 9.17) is 34.8 Å². The number of anilines is 1. The second-order valence-corrected chi connectivity index (χ2v) is 5.88. The van der Waals surface area contributed by atoms with Crippen LogP contribution in [0.2, 0.25) is 0 Å². The molecular weight excluding hydrogens is 252 g/mol. The molecule has 1 aromatic carbocycles. The quantitative estimate of drug-likeness (QED) is 0.641. The Morgan fingerprint density at radius 3 is 2.53 bits per heavy atom. The topological polar surface area (TPSA) is 3.24 Å². The lowest BCUT2D eigenvalue weighted by Gasteiger charge is -2.36. The van der Waals surface area contributed by atoms with Crippen LogP contribution in [0.4, 0.5) is 5.69 Å². The number of hydrogen-bond acceptors (Lipinski definition) is 1. The molecule has 1 unspecified atom stereocenters. The summed E-state index contributed by atoms with van der Waals surface area (Å²) < 4.78 is -1.31. The third-order valence-electron chi connectivity index (χ3n) is 2.53. The first-order chi connectivity index (χ1) is 7.00. The van der Waals surface area contributed by atoms with E-state index in [0.717, 1.165) is 11.3 Å². The van der Waals surface area contributed by atoms with E-state index in [1.165, 1.54) is 0 Å². The molecule has 0 aromatic heterocycles. The Bertz CT molecular complexity index is 395. The van der Waals surface area contributed by atoms with Crippen LogP contribution in [0.15, 0.2) is 30.3 Å². The van der Waals surface area contributed by atoms with Gasteiger partial charge in [-0.1, -0.05) is 65.2 Å². The zero-order valence-electron chi connectivity index (χ0n) is 8.12. The number of rotatable bonds is 0. The number of hydrogen-bond donors (Lipinski definition) is 0. The van der Waals surface area contributed by atoms with Crippen molar-refractivity contribution in [2.24, 2.45) is 0 Å². The molecule has 0 aliphatic carbocycles. The van der Waals surface area contributed by atoms with Crippen LogP contribution < -0.4 is 4.90 Å². The molecule has 0 spiro atoms. The van der Waals surface area contributed by atoms with Crippen LogP contribution in [0.5, 0.6) is 0 Å². The van der Waals surface area contributed by atoms with Gasteiger partial charge in [-0.05, 0) is 11.6 Å². The summed E-state index contributed by atoms with van der Waals surface area (Å²) in [6.07, 6.45) is 3.90. The molecule has 0 radical (unpaired) electrons. The molecule has 0 bridgehead atoms. The number of fused-ring (bicyclic) bond motifs is 1. The summed E-state index contributed by atoms with van der Waals surface area (Å²) in [5, 5.41) is 0. The van der Waals surface area contributed by atoms with Crippen LogP contribution in [0.1, 0.15) is 5.56 Å². The SMILES string of the molecule is CN1c2ccccc2C=CC1C(Cl)(Cl)Cl. The zero-order chi connectivity index (χ0) is 11.1. The minimum Gasteiger partial charge on any atom is -0.363 e. The summed E-state index contributed by atoms with van der Waals surface area (Å²) in [5.74, 6) is 0. The van der Waals surface area contributed by atoms with Gasteiger partial charge in [0.1, 0.15) is 0 Å². The Kier molecular flexibility index (Phi) is 2.89. The smallest absolute Gasteiger partial charge is 0.214 e. The molecule has 1 nitrogen and oxygen atoms in total. The fourth-order valence-corrected chi connectivity index (χ4v) is 2.41. The molecule has 1 aliphatic heterocycles. The third-order valence-corrected chi connectivity index (χ3v) is 3.20. The van der Waals surface area contributed by atoms with Crippen molar-refractivity contribution in [3.8, 4) is 0 Å². The number of alkyl halides is 3. The average molecular weight is 263 g/mol. The number of benzene rings is 1. The first-order valence-corrected chi connectivity index (χ1v) is 5.70. The van der Waals surface area contributed by atoms with Gasteiger partial charge in [0.2, 0.25) is 3.79 Å². The number of para-hydroxylation sites is 1. The van der Waals surface area contributed by atoms with Gasteiger partial charge in [0.05, 0.1) is 6.04 Å². The van der Waals surface area contributed by atoms with Gasteiger partial charge >= 0.3 is 0 Å². The molecular formula is C11H10Cl3N. The summed E-state index contributed by atoms with van der Waals surface area (Å²) in [4.78, 5) is 1.97. The summed E-state index contributed by atoms with van der Waals surface area (Å²) >= 11 is 17.7. The second-order valence-electron chi connectivity index (χ2n) is 3.52. The summed E-state index contributed by atoms with van der Waals surface area (Å²) in [6, 6.07) is 7.80. The van der Waals surface area contributed by atoms with Crippen LogP contribution in [0.3, 0.4) is 0 Å². The van der Waals surface area contributed by atoms with Gasteiger partial charge in [0.25, 0.3) is 0 Å². The Morgan fingerprint density at radius 1 is 1.20 bits per heavy atom. The number of nitrogens with zero attached hydrogens (tertiary/aromatic N) is 1. The average Bonchev–Trinajstić information content (AvgIpc) is 2.16. The highest BCUT2D eigenvalue weighted by atomic mass is 35.6. The maximum absolute atomic E-state index is 5.91. The van der Waals surface area contributed by atoms with Gasteiger partial charge in [-0.25, -0.2) is 0 Å². The first-order valence-electron chi connectivity index (χ1n) is 4.57. The van der Waals surface area contributed by atoms with E-state index in [0.29, 0.717) is 0 Å². The molecule has 0 saturated heterocycles. The van der Waals surface area contributed by atoms with Crippen LogP contribution in [-0.2, 0) is 0 Å². The largest absolute Gasteiger partial charge is 0.363 e. The monoisotopic (exact) mass is 261 g/mol. The molecule has 1 atom stereocenters. The van der Waals surface area contributed by atoms with E-state index in [1.54, 1.807) is 0 Å². The van der Waals surface area contributed by atoms with Crippen molar-refractivity contribution in [3.05, 3.63) is 35.9 Å². The van der Waals surface area contributed by atoms with Crippen LogP contribution in [0.25, 0.3) is 6.08 Å². The lowest BCUT2D eigenvalue weighted by molar-refractivity contribution is 0.761. The van der Waals surface area contributed by atoms with E-state index in [-0.39, 0.29) is 6.04 Å². The van der Waals surface area contributed by atoms with E-state index in [2.05, 4.69) is 0 Å². The molecule has 0 saturated carbocycles. The van der Waals surface area contributed by atoms with Crippen molar-refractivity contribution >= 4 is 46.6 Å². The minimum absolute atomic E-state index is 0.225. The second kappa shape index (κ2) is 3.89. The Balaban J connectivity index is 2.42. The standard InChI is InChI=1S/C11H10Cl3N/c1-15-9-5-3-2-4-8(9)6-7-10(15)11(12,13)14/h2-7,10H,1H3. The first kappa shape index (κ1) is 11.1. The number of likely N-dealkylation sites (N-methyl/N-ethyl adjacent to an activating group) is 1. The molecule has 80 valence electrons. The van der Waals surface area contributed by atoms with Gasteiger partial charge in [0.15, 0.2) is 0 Å². The molecule has 0 fully saturated rings. The fraction of sp³-hybridized carbons (Fsp3) is 0.273. The van der Waals surface area contributed by atoms with Crippen molar-refractivity contribution in [1.29, 1.82) is 0 Å². The Hall–Kier alpha value is -0.370. The highest BCUT2D eigenvalue weighted by Crippen LogP contribution is 2.39. The van der Waals surface area contributed by atoms with Crippen molar-refractivity contribution in [2.45, 2.75) is 9.83 Å². The predicted molar refractivity (Wildman–Crippen MR) is 68.0 cm³/mol. The lowest BCUT2D eigenvalue weighted by Crippen LogP contribution is -2.41. The van der Waals surface area contributed by atoms with Crippen LogP contribution in [-0.4, -0.2) is 16.9 Å². The van der Waals surface area contributed by atoms with Gasteiger partial charge in [0, 0.05) is 12.7 Å². The Labute approximate surface area is 104 Å². The molecule has 0 N–H and O–H groups in total. The van der Waals surface area contributed by atoms with Crippen molar-refractivity contribution in [1.82, 2.24) is 0 Å². The summed E-state index contributed by atoms with van der Waals surface area (Å²) in [5.41, 5.74) is 2.22. The van der Waals surface area contributed by atoms with Gasteiger partial charge in [-0.15, -0.1) is 0 Å². The fourth-order valence-electron chi connectivity index (χ4n) is 1.75. The maximum Gasteiger partial charge on any atom is 0.214 e. The van der Waals surface area contributed by atoms with Gasteiger partial charge in [-0.3, -0.25) is 0 Å².